The van der Waals surface area contributed by atoms with Gasteiger partial charge in [-0.05, 0) is 68.0 Å². The van der Waals surface area contributed by atoms with Crippen LogP contribution in [0.15, 0.2) is 29.1 Å². The minimum Gasteiger partial charge on any atom is -0.484 e. The average Bonchev–Trinajstić information content (AvgIpc) is 2.99. The van der Waals surface area contributed by atoms with Crippen molar-refractivity contribution in [2.75, 3.05) is 6.61 Å². The van der Waals surface area contributed by atoms with E-state index in [0.717, 1.165) is 29.8 Å². The second-order valence-corrected chi connectivity index (χ2v) is 6.29. The fourth-order valence-electron chi connectivity index (χ4n) is 3.13. The Balaban J connectivity index is 1.54. The molecule has 5 heteroatoms. The van der Waals surface area contributed by atoms with E-state index in [0.29, 0.717) is 5.56 Å². The first kappa shape index (κ1) is 16.3. The van der Waals surface area contributed by atoms with Crippen molar-refractivity contribution >= 4 is 5.91 Å². The number of aryl methyl sites for hydroxylation is 4. The van der Waals surface area contributed by atoms with E-state index < -0.39 is 0 Å². The summed E-state index contributed by atoms with van der Waals surface area (Å²) in [7, 11) is 0. The summed E-state index contributed by atoms with van der Waals surface area (Å²) in [6, 6.07) is 7.89. The molecule has 0 atom stereocenters. The lowest BCUT2D eigenvalue weighted by atomic mass is 10.1. The van der Waals surface area contributed by atoms with E-state index in [1.54, 1.807) is 0 Å². The monoisotopic (exact) mass is 326 g/mol. The van der Waals surface area contributed by atoms with Crippen LogP contribution < -0.4 is 15.6 Å². The van der Waals surface area contributed by atoms with Gasteiger partial charge in [-0.2, -0.15) is 0 Å². The maximum Gasteiger partial charge on any atom is 0.258 e. The van der Waals surface area contributed by atoms with Crippen LogP contribution in [-0.4, -0.2) is 17.5 Å². The minimum atomic E-state index is -0.241. The molecule has 0 spiro atoms. The van der Waals surface area contributed by atoms with Crippen molar-refractivity contribution in [2.45, 2.75) is 39.7 Å². The van der Waals surface area contributed by atoms with Crippen molar-refractivity contribution in [3.8, 4) is 5.75 Å². The van der Waals surface area contributed by atoms with E-state index in [4.69, 9.17) is 4.74 Å². The molecule has 1 amide bonds. The fourth-order valence-corrected chi connectivity index (χ4v) is 3.13. The largest absolute Gasteiger partial charge is 0.484 e. The second kappa shape index (κ2) is 6.91. The van der Waals surface area contributed by atoms with E-state index in [2.05, 4.69) is 16.4 Å². The van der Waals surface area contributed by atoms with Gasteiger partial charge < -0.3 is 15.0 Å². The highest BCUT2D eigenvalue weighted by Gasteiger charge is 2.12. The third-order valence-corrected chi connectivity index (χ3v) is 4.40. The molecular weight excluding hydrogens is 304 g/mol. The number of hydrogen-bond donors (Lipinski definition) is 2. The minimum absolute atomic E-state index is 0.0540. The van der Waals surface area contributed by atoms with Crippen LogP contribution in [0.3, 0.4) is 0 Å². The van der Waals surface area contributed by atoms with E-state index in [1.165, 1.54) is 17.5 Å². The summed E-state index contributed by atoms with van der Waals surface area (Å²) in [5.41, 5.74) is 4.79. The first-order valence-corrected chi connectivity index (χ1v) is 8.23. The Morgan fingerprint density at radius 3 is 2.79 bits per heavy atom. The Hall–Kier alpha value is -2.56. The third-order valence-electron chi connectivity index (χ3n) is 4.40. The van der Waals surface area contributed by atoms with Crippen LogP contribution in [0.25, 0.3) is 0 Å². The highest BCUT2D eigenvalue weighted by Crippen LogP contribution is 2.25. The van der Waals surface area contributed by atoms with Crippen molar-refractivity contribution in [3.63, 3.8) is 0 Å². The molecule has 0 bridgehead atoms. The highest BCUT2D eigenvalue weighted by atomic mass is 16.5. The van der Waals surface area contributed by atoms with Gasteiger partial charge in [0.1, 0.15) is 5.75 Å². The summed E-state index contributed by atoms with van der Waals surface area (Å²) < 4.78 is 5.56. The highest BCUT2D eigenvalue weighted by molar-refractivity contribution is 5.77. The molecule has 0 saturated heterocycles. The van der Waals surface area contributed by atoms with Crippen LogP contribution in [-0.2, 0) is 24.2 Å². The number of pyridine rings is 1. The van der Waals surface area contributed by atoms with Crippen LogP contribution >= 0.6 is 0 Å². The van der Waals surface area contributed by atoms with E-state index in [1.807, 2.05) is 32.0 Å². The molecule has 1 aromatic heterocycles. The normalized spacial score (nSPS) is 12.8. The van der Waals surface area contributed by atoms with Crippen LogP contribution in [0.1, 0.15) is 34.4 Å². The Morgan fingerprint density at radius 2 is 2.00 bits per heavy atom. The number of carbonyl (C=O) groups is 1. The van der Waals surface area contributed by atoms with Gasteiger partial charge in [-0.1, -0.05) is 6.07 Å². The smallest absolute Gasteiger partial charge is 0.258 e. The standard InChI is InChI=1S/C19H22N2O3/c1-12-8-13(2)21-19(23)17(12)10-20-18(22)11-24-16-7-6-14-4-3-5-15(14)9-16/h6-9H,3-5,10-11H2,1-2H3,(H,20,22)(H,21,23). The van der Waals surface area contributed by atoms with Crippen molar-refractivity contribution in [1.82, 2.24) is 10.3 Å². The van der Waals surface area contributed by atoms with Crippen LogP contribution in [0.4, 0.5) is 0 Å². The molecule has 2 aromatic rings. The number of aromatic nitrogens is 1. The van der Waals surface area contributed by atoms with Gasteiger partial charge in [-0.15, -0.1) is 0 Å². The Kier molecular flexibility index (Phi) is 4.69. The number of fused-ring (bicyclic) bond motifs is 1. The first-order chi connectivity index (χ1) is 11.5. The molecule has 0 aliphatic heterocycles. The van der Waals surface area contributed by atoms with Gasteiger partial charge >= 0.3 is 0 Å². The molecule has 24 heavy (non-hydrogen) atoms. The van der Waals surface area contributed by atoms with Gasteiger partial charge in [0.15, 0.2) is 6.61 Å². The van der Waals surface area contributed by atoms with Crippen molar-refractivity contribution in [2.24, 2.45) is 0 Å². The Bertz CT molecular complexity index is 824. The average molecular weight is 326 g/mol. The maximum absolute atomic E-state index is 12.0. The molecule has 0 unspecified atom stereocenters. The molecule has 0 fully saturated rings. The molecular formula is C19H22N2O3. The van der Waals surface area contributed by atoms with Gasteiger partial charge in [-0.3, -0.25) is 9.59 Å². The molecule has 5 nitrogen and oxygen atoms in total. The van der Waals surface area contributed by atoms with E-state index in [-0.39, 0.29) is 24.6 Å². The van der Waals surface area contributed by atoms with Gasteiger partial charge in [0.25, 0.3) is 11.5 Å². The summed E-state index contributed by atoms with van der Waals surface area (Å²) in [5.74, 6) is 0.477. The molecule has 1 heterocycles. The number of ether oxygens (including phenoxy) is 1. The zero-order valence-electron chi connectivity index (χ0n) is 14.1. The maximum atomic E-state index is 12.0. The molecule has 3 rings (SSSR count). The van der Waals surface area contributed by atoms with Gasteiger partial charge in [0.05, 0.1) is 0 Å². The number of rotatable bonds is 5. The van der Waals surface area contributed by atoms with Crippen LogP contribution in [0, 0.1) is 13.8 Å². The number of nitrogens with one attached hydrogen (secondary N) is 2. The lowest BCUT2D eigenvalue weighted by molar-refractivity contribution is -0.123. The Morgan fingerprint density at radius 1 is 1.21 bits per heavy atom. The summed E-state index contributed by atoms with van der Waals surface area (Å²) in [6.45, 7) is 3.85. The zero-order valence-corrected chi connectivity index (χ0v) is 14.1. The third kappa shape index (κ3) is 3.67. The number of carbonyl (C=O) groups excluding carboxylic acids is 1. The molecule has 2 N–H and O–H groups in total. The van der Waals surface area contributed by atoms with E-state index >= 15 is 0 Å². The van der Waals surface area contributed by atoms with Gasteiger partial charge in [0.2, 0.25) is 0 Å². The van der Waals surface area contributed by atoms with Crippen LogP contribution in [0.2, 0.25) is 0 Å². The molecule has 126 valence electrons. The zero-order chi connectivity index (χ0) is 17.1. The first-order valence-electron chi connectivity index (χ1n) is 8.23. The molecule has 1 aromatic carbocycles. The molecule has 0 saturated carbocycles. The summed E-state index contributed by atoms with van der Waals surface area (Å²) in [5, 5.41) is 2.74. The molecule has 0 radical (unpaired) electrons. The quantitative estimate of drug-likeness (QED) is 0.884. The van der Waals surface area contributed by atoms with Gasteiger partial charge in [-0.25, -0.2) is 0 Å². The molecule has 1 aliphatic rings. The SMILES string of the molecule is Cc1cc(C)c(CNC(=O)COc2ccc3c(c2)CCC3)c(=O)[nH]1. The van der Waals surface area contributed by atoms with Crippen molar-refractivity contribution in [3.05, 3.63) is 62.6 Å². The summed E-state index contributed by atoms with van der Waals surface area (Å²) in [4.78, 5) is 26.6. The number of H-pyrrole nitrogens is 1. The second-order valence-electron chi connectivity index (χ2n) is 6.29. The van der Waals surface area contributed by atoms with E-state index in [9.17, 15) is 9.59 Å². The number of benzene rings is 1. The molecule has 1 aliphatic carbocycles. The lowest BCUT2D eigenvalue weighted by Crippen LogP contribution is -2.31. The Labute approximate surface area is 141 Å². The summed E-state index contributed by atoms with van der Waals surface area (Å²) >= 11 is 0. The fraction of sp³-hybridized carbons (Fsp3) is 0.368. The number of hydrogen-bond acceptors (Lipinski definition) is 3. The number of aromatic amines is 1. The van der Waals surface area contributed by atoms with Crippen molar-refractivity contribution in [1.29, 1.82) is 0 Å². The predicted molar refractivity (Wildman–Crippen MR) is 92.3 cm³/mol. The lowest BCUT2D eigenvalue weighted by Gasteiger charge is -2.10. The van der Waals surface area contributed by atoms with Crippen LogP contribution in [0.5, 0.6) is 5.75 Å². The van der Waals surface area contributed by atoms with Gasteiger partial charge in [0, 0.05) is 17.8 Å². The predicted octanol–water partition coefficient (Wildman–Crippen LogP) is 2.18. The number of amides is 1. The topological polar surface area (TPSA) is 71.2 Å². The van der Waals surface area contributed by atoms with Crippen molar-refractivity contribution < 1.29 is 9.53 Å². The summed E-state index contributed by atoms with van der Waals surface area (Å²) in [6.07, 6.45) is 3.39.